The highest BCUT2D eigenvalue weighted by atomic mass is 19.2. The Balaban J connectivity index is 1.55. The number of halogens is 2. The van der Waals surface area contributed by atoms with Gasteiger partial charge in [-0.1, -0.05) is 0 Å². The van der Waals surface area contributed by atoms with Crippen molar-refractivity contribution in [3.05, 3.63) is 59.7 Å². The summed E-state index contributed by atoms with van der Waals surface area (Å²) in [7, 11) is 1.57. The molecule has 7 heteroatoms. The Morgan fingerprint density at radius 2 is 1.70 bits per heavy atom. The van der Waals surface area contributed by atoms with Crippen molar-refractivity contribution in [1.29, 1.82) is 0 Å². The van der Waals surface area contributed by atoms with Crippen LogP contribution >= 0.6 is 0 Å². The maximum absolute atomic E-state index is 13.3. The fourth-order valence-corrected chi connectivity index (χ4v) is 3.08. The zero-order chi connectivity index (χ0) is 19.4. The quantitative estimate of drug-likeness (QED) is 0.892. The van der Waals surface area contributed by atoms with E-state index in [9.17, 15) is 18.4 Å². The van der Waals surface area contributed by atoms with E-state index >= 15 is 0 Å². The molecule has 3 rings (SSSR count). The first-order valence-electron chi connectivity index (χ1n) is 8.67. The van der Waals surface area contributed by atoms with E-state index in [0.717, 1.165) is 12.1 Å². The number of rotatable bonds is 4. The molecular formula is C20H20F2N2O3. The van der Waals surface area contributed by atoms with Crippen LogP contribution in [0.25, 0.3) is 0 Å². The molecule has 0 saturated carbocycles. The topological polar surface area (TPSA) is 58.6 Å². The van der Waals surface area contributed by atoms with Crippen LogP contribution < -0.4 is 10.1 Å². The molecule has 1 aliphatic rings. The summed E-state index contributed by atoms with van der Waals surface area (Å²) >= 11 is 0. The molecule has 2 aromatic carbocycles. The molecule has 0 bridgehead atoms. The second kappa shape index (κ2) is 8.16. The maximum Gasteiger partial charge on any atom is 0.253 e. The van der Waals surface area contributed by atoms with Gasteiger partial charge < -0.3 is 15.0 Å². The number of nitrogens with zero attached hydrogens (tertiary/aromatic N) is 1. The Morgan fingerprint density at radius 3 is 2.30 bits per heavy atom. The van der Waals surface area contributed by atoms with Gasteiger partial charge in [-0.05, 0) is 55.3 Å². The zero-order valence-electron chi connectivity index (χ0n) is 14.9. The van der Waals surface area contributed by atoms with Gasteiger partial charge in [0.05, 0.1) is 7.11 Å². The number of nitrogens with one attached hydrogen (secondary N) is 1. The summed E-state index contributed by atoms with van der Waals surface area (Å²) in [5, 5.41) is 2.86. The number of hydrogen-bond donors (Lipinski definition) is 1. The molecule has 1 heterocycles. The summed E-state index contributed by atoms with van der Waals surface area (Å²) < 4.78 is 31.4. The minimum Gasteiger partial charge on any atom is -0.497 e. The smallest absolute Gasteiger partial charge is 0.253 e. The molecule has 5 nitrogen and oxygen atoms in total. The molecule has 0 aromatic heterocycles. The number of anilines is 1. The van der Waals surface area contributed by atoms with E-state index in [1.54, 1.807) is 36.3 Å². The van der Waals surface area contributed by atoms with Crippen molar-refractivity contribution >= 4 is 17.5 Å². The van der Waals surface area contributed by atoms with Gasteiger partial charge in [0.15, 0.2) is 11.6 Å². The van der Waals surface area contributed by atoms with Gasteiger partial charge in [0.2, 0.25) is 5.91 Å². The van der Waals surface area contributed by atoms with E-state index in [1.165, 1.54) is 6.07 Å². The minimum absolute atomic E-state index is 0.0971. The molecule has 2 aromatic rings. The Bertz CT molecular complexity index is 832. The van der Waals surface area contributed by atoms with Gasteiger partial charge in [-0.2, -0.15) is 0 Å². The van der Waals surface area contributed by atoms with Crippen LogP contribution in [0.1, 0.15) is 23.2 Å². The Labute approximate surface area is 155 Å². The summed E-state index contributed by atoms with van der Waals surface area (Å²) in [4.78, 5) is 26.4. The van der Waals surface area contributed by atoms with Crippen LogP contribution in [0.4, 0.5) is 14.5 Å². The van der Waals surface area contributed by atoms with Crippen molar-refractivity contribution in [2.24, 2.45) is 5.92 Å². The van der Waals surface area contributed by atoms with E-state index in [1.807, 2.05) is 0 Å². The average Bonchev–Trinajstić information content (AvgIpc) is 2.70. The number of piperidine rings is 1. The highest BCUT2D eigenvalue weighted by Gasteiger charge is 2.28. The number of benzene rings is 2. The first kappa shape index (κ1) is 18.8. The second-order valence-corrected chi connectivity index (χ2v) is 6.41. The Hall–Kier alpha value is -2.96. The van der Waals surface area contributed by atoms with Crippen molar-refractivity contribution in [3.63, 3.8) is 0 Å². The number of amides is 2. The van der Waals surface area contributed by atoms with Crippen LogP contribution in [-0.4, -0.2) is 36.9 Å². The van der Waals surface area contributed by atoms with E-state index in [2.05, 4.69) is 5.32 Å². The van der Waals surface area contributed by atoms with Gasteiger partial charge in [0.1, 0.15) is 5.75 Å². The predicted octanol–water partition coefficient (Wildman–Crippen LogP) is 3.46. The van der Waals surface area contributed by atoms with Gasteiger partial charge in [-0.15, -0.1) is 0 Å². The normalized spacial score (nSPS) is 14.7. The first-order chi connectivity index (χ1) is 13.0. The molecule has 1 N–H and O–H groups in total. The lowest BCUT2D eigenvalue weighted by Gasteiger charge is -2.31. The lowest BCUT2D eigenvalue weighted by Crippen LogP contribution is -2.41. The summed E-state index contributed by atoms with van der Waals surface area (Å²) in [5.41, 5.74) is 0.788. The van der Waals surface area contributed by atoms with Crippen molar-refractivity contribution in [1.82, 2.24) is 4.90 Å². The highest BCUT2D eigenvalue weighted by Crippen LogP contribution is 2.22. The molecule has 0 radical (unpaired) electrons. The molecule has 27 heavy (non-hydrogen) atoms. The van der Waals surface area contributed by atoms with Gasteiger partial charge in [-0.3, -0.25) is 9.59 Å². The SMILES string of the molecule is COc1ccc(NC(=O)C2CCN(C(=O)c3ccc(F)c(F)c3)CC2)cc1. The molecular weight excluding hydrogens is 354 g/mol. The molecule has 1 saturated heterocycles. The second-order valence-electron chi connectivity index (χ2n) is 6.41. The summed E-state index contributed by atoms with van der Waals surface area (Å²) in [6.45, 7) is 0.775. The van der Waals surface area contributed by atoms with Crippen molar-refractivity contribution in [3.8, 4) is 5.75 Å². The minimum atomic E-state index is -1.05. The number of likely N-dealkylation sites (tertiary alicyclic amines) is 1. The Morgan fingerprint density at radius 1 is 1.04 bits per heavy atom. The molecule has 142 valence electrons. The molecule has 0 unspecified atom stereocenters. The number of hydrogen-bond acceptors (Lipinski definition) is 3. The van der Waals surface area contributed by atoms with Crippen LogP contribution in [0.3, 0.4) is 0 Å². The standard InChI is InChI=1S/C20H20F2N2O3/c1-27-16-5-3-15(4-6-16)23-19(25)13-8-10-24(11-9-13)20(26)14-2-7-17(21)18(22)12-14/h2-7,12-13H,8-11H2,1H3,(H,23,25). The number of carbonyl (C=O) groups is 2. The van der Waals surface area contributed by atoms with Crippen LogP contribution in [0.5, 0.6) is 5.75 Å². The van der Waals surface area contributed by atoms with Crippen LogP contribution in [-0.2, 0) is 4.79 Å². The first-order valence-corrected chi connectivity index (χ1v) is 8.67. The lowest BCUT2D eigenvalue weighted by atomic mass is 9.95. The predicted molar refractivity (Wildman–Crippen MR) is 96.6 cm³/mol. The molecule has 1 fully saturated rings. The largest absolute Gasteiger partial charge is 0.497 e. The molecule has 0 atom stereocenters. The third kappa shape index (κ3) is 4.42. The van der Waals surface area contributed by atoms with E-state index < -0.39 is 11.6 Å². The lowest BCUT2D eigenvalue weighted by molar-refractivity contribution is -0.121. The molecule has 0 aliphatic carbocycles. The monoisotopic (exact) mass is 374 g/mol. The zero-order valence-corrected chi connectivity index (χ0v) is 14.9. The number of methoxy groups -OCH3 is 1. The van der Waals surface area contributed by atoms with Gasteiger partial charge in [-0.25, -0.2) is 8.78 Å². The third-order valence-electron chi connectivity index (χ3n) is 4.68. The van der Waals surface area contributed by atoms with Gasteiger partial charge in [0, 0.05) is 30.3 Å². The average molecular weight is 374 g/mol. The van der Waals surface area contributed by atoms with E-state index in [4.69, 9.17) is 4.74 Å². The summed E-state index contributed by atoms with van der Waals surface area (Å²) in [6, 6.07) is 10.2. The van der Waals surface area contributed by atoms with Crippen LogP contribution in [0, 0.1) is 17.6 Å². The van der Waals surface area contributed by atoms with Crippen LogP contribution in [0.2, 0.25) is 0 Å². The summed E-state index contributed by atoms with van der Waals surface area (Å²) in [6.07, 6.45) is 1.02. The van der Waals surface area contributed by atoms with Gasteiger partial charge >= 0.3 is 0 Å². The fourth-order valence-electron chi connectivity index (χ4n) is 3.08. The van der Waals surface area contributed by atoms with Crippen LogP contribution in [0.15, 0.2) is 42.5 Å². The van der Waals surface area contributed by atoms with Crippen molar-refractivity contribution in [2.75, 3.05) is 25.5 Å². The molecule has 2 amide bonds. The summed E-state index contributed by atoms with van der Waals surface area (Å²) in [5.74, 6) is -1.99. The molecule has 1 aliphatic heterocycles. The fraction of sp³-hybridized carbons (Fsp3) is 0.300. The van der Waals surface area contributed by atoms with Gasteiger partial charge in [0.25, 0.3) is 5.91 Å². The van der Waals surface area contributed by atoms with E-state index in [-0.39, 0.29) is 23.3 Å². The number of carbonyl (C=O) groups excluding carboxylic acids is 2. The van der Waals surface area contributed by atoms with Crippen molar-refractivity contribution in [2.45, 2.75) is 12.8 Å². The maximum atomic E-state index is 13.3. The third-order valence-corrected chi connectivity index (χ3v) is 4.68. The highest BCUT2D eigenvalue weighted by molar-refractivity contribution is 5.95. The molecule has 0 spiro atoms. The van der Waals surface area contributed by atoms with Crippen molar-refractivity contribution < 1.29 is 23.1 Å². The Kier molecular flexibility index (Phi) is 5.69. The van der Waals surface area contributed by atoms with E-state index in [0.29, 0.717) is 37.4 Å². The number of ether oxygens (including phenoxy) is 1.